The van der Waals surface area contributed by atoms with E-state index in [2.05, 4.69) is 15.6 Å². The molecule has 2 aromatic rings. The van der Waals surface area contributed by atoms with Gasteiger partial charge in [0.05, 0.1) is 0 Å². The standard InChI is InChI=1S/C19H19F3N4O2/c20-19(21,22)18-23-10-14-9-12(6-7-26(14)18)17(28)24-13-4-5-15-11(8-13)2-1-3-16(27)25-15/h4-5,8,10,12H,1-3,6-7,9H2,(H,24,28)(H,25,27). The molecule has 1 unspecified atom stereocenters. The SMILES string of the molecule is O=C1CCCc2cc(NC(=O)C3CCn4c(cnc4C(F)(F)F)C3)ccc2N1. The Hall–Kier alpha value is -2.84. The third kappa shape index (κ3) is 3.61. The molecule has 2 amide bonds. The molecule has 0 spiro atoms. The quantitative estimate of drug-likeness (QED) is 0.823. The molecule has 4 rings (SSSR count). The third-order valence-corrected chi connectivity index (χ3v) is 5.22. The lowest BCUT2D eigenvalue weighted by molar-refractivity contribution is -0.147. The van der Waals surface area contributed by atoms with Gasteiger partial charge in [0.2, 0.25) is 17.6 Å². The Morgan fingerprint density at radius 2 is 2.11 bits per heavy atom. The van der Waals surface area contributed by atoms with Gasteiger partial charge in [-0.3, -0.25) is 9.59 Å². The lowest BCUT2D eigenvalue weighted by atomic mass is 9.95. The molecule has 0 bridgehead atoms. The number of nitrogens with one attached hydrogen (secondary N) is 2. The van der Waals surface area contributed by atoms with Crippen LogP contribution in [-0.4, -0.2) is 21.4 Å². The van der Waals surface area contributed by atoms with Crippen molar-refractivity contribution in [1.82, 2.24) is 9.55 Å². The smallest absolute Gasteiger partial charge is 0.326 e. The van der Waals surface area contributed by atoms with Crippen molar-refractivity contribution in [2.75, 3.05) is 10.6 Å². The number of fused-ring (bicyclic) bond motifs is 2. The molecule has 6 nitrogen and oxygen atoms in total. The topological polar surface area (TPSA) is 76.0 Å². The van der Waals surface area contributed by atoms with Gasteiger partial charge >= 0.3 is 6.18 Å². The fourth-order valence-corrected chi connectivity index (χ4v) is 3.81. The van der Waals surface area contributed by atoms with Gasteiger partial charge in [0.15, 0.2) is 0 Å². The molecule has 0 aliphatic carbocycles. The maximum absolute atomic E-state index is 13.0. The zero-order chi connectivity index (χ0) is 19.9. The van der Waals surface area contributed by atoms with Crippen molar-refractivity contribution in [3.8, 4) is 0 Å². The van der Waals surface area contributed by atoms with E-state index in [4.69, 9.17) is 0 Å². The van der Waals surface area contributed by atoms with Gasteiger partial charge < -0.3 is 15.2 Å². The van der Waals surface area contributed by atoms with Crippen LogP contribution in [0, 0.1) is 5.92 Å². The molecule has 2 N–H and O–H groups in total. The summed E-state index contributed by atoms with van der Waals surface area (Å²) in [4.78, 5) is 27.7. The highest BCUT2D eigenvalue weighted by Crippen LogP contribution is 2.33. The molecule has 1 atom stereocenters. The second kappa shape index (κ2) is 6.96. The van der Waals surface area contributed by atoms with Gasteiger partial charge in [-0.25, -0.2) is 4.98 Å². The number of nitrogens with zero attached hydrogens (tertiary/aromatic N) is 2. The molecular formula is C19H19F3N4O2. The number of anilines is 2. The molecule has 3 heterocycles. The molecule has 1 aromatic carbocycles. The molecule has 9 heteroatoms. The second-order valence-electron chi connectivity index (χ2n) is 7.18. The molecule has 148 valence electrons. The number of hydrogen-bond acceptors (Lipinski definition) is 3. The molecule has 1 aromatic heterocycles. The Labute approximate surface area is 159 Å². The number of rotatable bonds is 2. The van der Waals surface area contributed by atoms with E-state index < -0.39 is 17.9 Å². The Balaban J connectivity index is 1.46. The number of carbonyl (C=O) groups is 2. The number of halogens is 3. The van der Waals surface area contributed by atoms with Crippen molar-refractivity contribution in [1.29, 1.82) is 0 Å². The predicted octanol–water partition coefficient (Wildman–Crippen LogP) is 3.38. The summed E-state index contributed by atoms with van der Waals surface area (Å²) >= 11 is 0. The van der Waals surface area contributed by atoms with Crippen LogP contribution in [0.3, 0.4) is 0 Å². The van der Waals surface area contributed by atoms with Crippen molar-refractivity contribution in [2.45, 2.75) is 44.8 Å². The van der Waals surface area contributed by atoms with Crippen LogP contribution < -0.4 is 10.6 Å². The van der Waals surface area contributed by atoms with Crippen molar-refractivity contribution < 1.29 is 22.8 Å². The highest BCUT2D eigenvalue weighted by molar-refractivity contribution is 5.95. The fourth-order valence-electron chi connectivity index (χ4n) is 3.81. The first-order valence-electron chi connectivity index (χ1n) is 9.16. The summed E-state index contributed by atoms with van der Waals surface area (Å²) in [6, 6.07) is 5.32. The summed E-state index contributed by atoms with van der Waals surface area (Å²) in [6.07, 6.45) is -0.815. The molecule has 28 heavy (non-hydrogen) atoms. The van der Waals surface area contributed by atoms with Crippen LogP contribution in [0.25, 0.3) is 0 Å². The predicted molar refractivity (Wildman–Crippen MR) is 95.7 cm³/mol. The van der Waals surface area contributed by atoms with Crippen LogP contribution in [-0.2, 0) is 35.2 Å². The van der Waals surface area contributed by atoms with Crippen LogP contribution in [0.15, 0.2) is 24.4 Å². The average molecular weight is 392 g/mol. The Morgan fingerprint density at radius 1 is 1.29 bits per heavy atom. The first kappa shape index (κ1) is 18.5. The lowest BCUT2D eigenvalue weighted by Crippen LogP contribution is -2.31. The third-order valence-electron chi connectivity index (χ3n) is 5.22. The number of benzene rings is 1. The van der Waals surface area contributed by atoms with Crippen molar-refractivity contribution in [3.63, 3.8) is 0 Å². The van der Waals surface area contributed by atoms with E-state index in [0.717, 1.165) is 28.7 Å². The van der Waals surface area contributed by atoms with Crippen LogP contribution in [0.5, 0.6) is 0 Å². The summed E-state index contributed by atoms with van der Waals surface area (Å²) in [5, 5.41) is 5.70. The number of aryl methyl sites for hydroxylation is 1. The highest BCUT2D eigenvalue weighted by Gasteiger charge is 2.39. The number of aromatic nitrogens is 2. The van der Waals surface area contributed by atoms with E-state index in [1.165, 1.54) is 6.20 Å². The van der Waals surface area contributed by atoms with Crippen molar-refractivity contribution in [3.05, 3.63) is 41.5 Å². The van der Waals surface area contributed by atoms with Crippen molar-refractivity contribution in [2.24, 2.45) is 5.92 Å². The Kier molecular flexibility index (Phi) is 4.60. The number of amides is 2. The summed E-state index contributed by atoms with van der Waals surface area (Å²) in [5.74, 6) is -1.57. The number of hydrogen-bond donors (Lipinski definition) is 2. The average Bonchev–Trinajstić information content (AvgIpc) is 2.98. The zero-order valence-corrected chi connectivity index (χ0v) is 15.0. The monoisotopic (exact) mass is 392 g/mol. The summed E-state index contributed by atoms with van der Waals surface area (Å²) in [7, 11) is 0. The molecule has 0 saturated heterocycles. The van der Waals surface area contributed by atoms with Gasteiger partial charge in [-0.1, -0.05) is 0 Å². The highest BCUT2D eigenvalue weighted by atomic mass is 19.4. The van der Waals surface area contributed by atoms with E-state index in [1.54, 1.807) is 12.1 Å². The van der Waals surface area contributed by atoms with Crippen LogP contribution in [0.1, 0.15) is 36.3 Å². The molecule has 2 aliphatic heterocycles. The summed E-state index contributed by atoms with van der Waals surface area (Å²) in [5.41, 5.74) is 2.75. The number of alkyl halides is 3. The Bertz CT molecular complexity index is 936. The van der Waals surface area contributed by atoms with Gasteiger partial charge in [-0.2, -0.15) is 13.2 Å². The van der Waals surface area contributed by atoms with E-state index in [9.17, 15) is 22.8 Å². The van der Waals surface area contributed by atoms with Gasteiger partial charge in [-0.05, 0) is 43.0 Å². The summed E-state index contributed by atoms with van der Waals surface area (Å²) < 4.78 is 40.0. The molecule has 0 radical (unpaired) electrons. The second-order valence-corrected chi connectivity index (χ2v) is 7.18. The molecular weight excluding hydrogens is 373 g/mol. The first-order valence-corrected chi connectivity index (χ1v) is 9.16. The van der Waals surface area contributed by atoms with Crippen LogP contribution in [0.2, 0.25) is 0 Å². The maximum atomic E-state index is 13.0. The minimum atomic E-state index is -4.50. The first-order chi connectivity index (χ1) is 13.3. The summed E-state index contributed by atoms with van der Waals surface area (Å²) in [6.45, 7) is 0.110. The molecule has 0 saturated carbocycles. The van der Waals surface area contributed by atoms with Gasteiger partial charge in [-0.15, -0.1) is 0 Å². The fraction of sp³-hybridized carbons (Fsp3) is 0.421. The largest absolute Gasteiger partial charge is 0.449 e. The van der Waals surface area contributed by atoms with Gasteiger partial charge in [0, 0.05) is 48.6 Å². The maximum Gasteiger partial charge on any atom is 0.449 e. The zero-order valence-electron chi connectivity index (χ0n) is 15.0. The van der Waals surface area contributed by atoms with Crippen LogP contribution >= 0.6 is 0 Å². The molecule has 2 aliphatic rings. The minimum absolute atomic E-state index is 0.0208. The Morgan fingerprint density at radius 3 is 2.89 bits per heavy atom. The van der Waals surface area contributed by atoms with Gasteiger partial charge in [0.1, 0.15) is 0 Å². The number of imidazole rings is 1. The van der Waals surface area contributed by atoms with Crippen LogP contribution in [0.4, 0.5) is 24.5 Å². The van der Waals surface area contributed by atoms with E-state index in [0.29, 0.717) is 24.2 Å². The number of carbonyl (C=O) groups excluding carboxylic acids is 2. The van der Waals surface area contributed by atoms with E-state index >= 15 is 0 Å². The van der Waals surface area contributed by atoms with E-state index in [-0.39, 0.29) is 24.8 Å². The minimum Gasteiger partial charge on any atom is -0.326 e. The van der Waals surface area contributed by atoms with Crippen molar-refractivity contribution >= 4 is 23.2 Å². The molecule has 0 fully saturated rings. The van der Waals surface area contributed by atoms with E-state index in [1.807, 2.05) is 6.07 Å². The van der Waals surface area contributed by atoms with Gasteiger partial charge in [0.25, 0.3) is 0 Å². The normalized spacial score (nSPS) is 19.2. The lowest BCUT2D eigenvalue weighted by Gasteiger charge is -2.24.